The molecular formula is C26H23NO2. The van der Waals surface area contributed by atoms with Gasteiger partial charge in [0.25, 0.3) is 5.91 Å². The maximum absolute atomic E-state index is 12.8. The number of hydrogen-bond acceptors (Lipinski definition) is 2. The molecule has 1 atom stereocenters. The van der Waals surface area contributed by atoms with Crippen molar-refractivity contribution in [1.82, 2.24) is 5.32 Å². The highest BCUT2D eigenvalue weighted by atomic mass is 16.3. The van der Waals surface area contributed by atoms with Crippen LogP contribution in [0.25, 0.3) is 21.9 Å². The fourth-order valence-electron chi connectivity index (χ4n) is 3.53. The van der Waals surface area contributed by atoms with Crippen molar-refractivity contribution in [3.8, 4) is 11.1 Å². The fourth-order valence-corrected chi connectivity index (χ4v) is 3.53. The van der Waals surface area contributed by atoms with E-state index in [4.69, 9.17) is 0 Å². The van der Waals surface area contributed by atoms with E-state index in [0.29, 0.717) is 5.56 Å². The van der Waals surface area contributed by atoms with Crippen LogP contribution in [0.5, 0.6) is 0 Å². The van der Waals surface area contributed by atoms with Crippen molar-refractivity contribution in [2.75, 3.05) is 6.54 Å². The average Bonchev–Trinajstić information content (AvgIpc) is 2.78. The minimum absolute atomic E-state index is 0.125. The van der Waals surface area contributed by atoms with Crippen molar-refractivity contribution in [3.05, 3.63) is 108 Å². The van der Waals surface area contributed by atoms with Gasteiger partial charge in [-0.25, -0.2) is 0 Å². The topological polar surface area (TPSA) is 49.3 Å². The Morgan fingerprint density at radius 3 is 2.17 bits per heavy atom. The summed E-state index contributed by atoms with van der Waals surface area (Å²) in [7, 11) is 0. The third-order valence-electron chi connectivity index (χ3n) is 5.24. The van der Waals surface area contributed by atoms with E-state index in [2.05, 4.69) is 17.4 Å². The summed E-state index contributed by atoms with van der Waals surface area (Å²) < 4.78 is 0. The highest BCUT2D eigenvalue weighted by molar-refractivity contribution is 6.07. The van der Waals surface area contributed by atoms with Crippen LogP contribution in [0.2, 0.25) is 0 Å². The molecule has 4 aromatic carbocycles. The van der Waals surface area contributed by atoms with Gasteiger partial charge in [0.15, 0.2) is 0 Å². The normalized spacial score (nSPS) is 13.0. The molecule has 0 aliphatic heterocycles. The molecule has 0 aliphatic carbocycles. The molecule has 3 heteroatoms. The van der Waals surface area contributed by atoms with Gasteiger partial charge < -0.3 is 10.4 Å². The van der Waals surface area contributed by atoms with Crippen LogP contribution in [0, 0.1) is 0 Å². The molecule has 1 amide bonds. The lowest BCUT2D eigenvalue weighted by molar-refractivity contribution is 0.0527. The summed E-state index contributed by atoms with van der Waals surface area (Å²) in [5, 5.41) is 15.7. The minimum atomic E-state index is -1.17. The highest BCUT2D eigenvalue weighted by Crippen LogP contribution is 2.25. The first-order chi connectivity index (χ1) is 14.0. The molecule has 2 N–H and O–H groups in total. The van der Waals surface area contributed by atoms with E-state index in [1.165, 1.54) is 0 Å². The lowest BCUT2D eigenvalue weighted by atomic mass is 9.93. The Morgan fingerprint density at radius 2 is 1.41 bits per heavy atom. The first kappa shape index (κ1) is 18.9. The van der Waals surface area contributed by atoms with Crippen LogP contribution in [-0.2, 0) is 5.60 Å². The van der Waals surface area contributed by atoms with Gasteiger partial charge in [-0.3, -0.25) is 4.79 Å². The van der Waals surface area contributed by atoms with Gasteiger partial charge in [0.05, 0.1) is 6.54 Å². The first-order valence-electron chi connectivity index (χ1n) is 9.69. The van der Waals surface area contributed by atoms with E-state index in [9.17, 15) is 9.90 Å². The van der Waals surface area contributed by atoms with Gasteiger partial charge in [-0.1, -0.05) is 91.0 Å². The highest BCUT2D eigenvalue weighted by Gasteiger charge is 2.24. The molecule has 0 saturated heterocycles. The zero-order valence-corrected chi connectivity index (χ0v) is 16.3. The quantitative estimate of drug-likeness (QED) is 0.503. The summed E-state index contributed by atoms with van der Waals surface area (Å²) in [6.07, 6.45) is 0. The predicted octanol–water partition coefficient (Wildman–Crippen LogP) is 5.14. The second kappa shape index (κ2) is 7.90. The van der Waals surface area contributed by atoms with Crippen LogP contribution < -0.4 is 5.32 Å². The van der Waals surface area contributed by atoms with Crippen LogP contribution in [-0.4, -0.2) is 17.6 Å². The standard InChI is InChI=1S/C26H23NO2/c1-26(29,22-16-14-20(15-17-22)19-8-3-2-4-9-19)18-27-25(28)24-13-7-11-21-10-5-6-12-23(21)24/h2-17,29H,18H2,1H3,(H,27,28). The third kappa shape index (κ3) is 4.05. The molecule has 144 valence electrons. The van der Waals surface area contributed by atoms with E-state index in [1.54, 1.807) is 13.0 Å². The van der Waals surface area contributed by atoms with E-state index in [-0.39, 0.29) is 12.5 Å². The van der Waals surface area contributed by atoms with Crippen LogP contribution in [0.1, 0.15) is 22.8 Å². The molecule has 1 unspecified atom stereocenters. The van der Waals surface area contributed by atoms with Crippen molar-refractivity contribution in [1.29, 1.82) is 0 Å². The SMILES string of the molecule is CC(O)(CNC(=O)c1cccc2ccccc12)c1ccc(-c2ccccc2)cc1. The Morgan fingerprint density at radius 1 is 0.793 bits per heavy atom. The Kier molecular flexibility index (Phi) is 5.15. The van der Waals surface area contributed by atoms with Crippen LogP contribution in [0.3, 0.4) is 0 Å². The van der Waals surface area contributed by atoms with Gasteiger partial charge in [0.2, 0.25) is 0 Å². The molecule has 0 radical (unpaired) electrons. The van der Waals surface area contributed by atoms with E-state index in [0.717, 1.165) is 27.5 Å². The first-order valence-corrected chi connectivity index (χ1v) is 9.69. The maximum atomic E-state index is 12.8. The molecule has 4 rings (SSSR count). The smallest absolute Gasteiger partial charge is 0.252 e. The molecule has 0 spiro atoms. The molecule has 0 bridgehead atoms. The van der Waals surface area contributed by atoms with Crippen molar-refractivity contribution in [2.24, 2.45) is 0 Å². The van der Waals surface area contributed by atoms with E-state index >= 15 is 0 Å². The van der Waals surface area contributed by atoms with Crippen LogP contribution in [0.4, 0.5) is 0 Å². The molecule has 0 fully saturated rings. The number of benzene rings is 4. The van der Waals surface area contributed by atoms with Gasteiger partial charge >= 0.3 is 0 Å². The van der Waals surface area contributed by atoms with Crippen LogP contribution in [0.15, 0.2) is 97.1 Å². The summed E-state index contributed by atoms with van der Waals surface area (Å²) in [6, 6.07) is 31.4. The third-order valence-corrected chi connectivity index (χ3v) is 5.24. The van der Waals surface area contributed by atoms with Crippen molar-refractivity contribution in [3.63, 3.8) is 0 Å². The van der Waals surface area contributed by atoms with Gasteiger partial charge in [-0.15, -0.1) is 0 Å². The minimum Gasteiger partial charge on any atom is -0.384 e. The summed E-state index contributed by atoms with van der Waals surface area (Å²) in [4.78, 5) is 12.8. The number of carbonyl (C=O) groups excluding carboxylic acids is 1. The number of aliphatic hydroxyl groups is 1. The van der Waals surface area contributed by atoms with Crippen molar-refractivity contribution in [2.45, 2.75) is 12.5 Å². The summed E-state index contributed by atoms with van der Waals surface area (Å²) in [6.45, 7) is 1.84. The Hall–Kier alpha value is -3.43. The molecule has 0 heterocycles. The average molecular weight is 381 g/mol. The predicted molar refractivity (Wildman–Crippen MR) is 118 cm³/mol. The Balaban J connectivity index is 1.49. The molecule has 29 heavy (non-hydrogen) atoms. The number of fused-ring (bicyclic) bond motifs is 1. The monoisotopic (exact) mass is 381 g/mol. The number of amides is 1. The largest absolute Gasteiger partial charge is 0.384 e. The summed E-state index contributed by atoms with van der Waals surface area (Å²) in [5.41, 5.74) is 2.41. The van der Waals surface area contributed by atoms with E-state index < -0.39 is 5.60 Å². The lowest BCUT2D eigenvalue weighted by Gasteiger charge is -2.24. The Bertz CT molecular complexity index is 1130. The lowest BCUT2D eigenvalue weighted by Crippen LogP contribution is -2.38. The second-order valence-electron chi connectivity index (χ2n) is 7.43. The second-order valence-corrected chi connectivity index (χ2v) is 7.43. The zero-order chi connectivity index (χ0) is 20.3. The molecule has 0 aliphatic rings. The van der Waals surface area contributed by atoms with Gasteiger partial charge in [-0.2, -0.15) is 0 Å². The number of carbonyl (C=O) groups is 1. The number of hydrogen-bond donors (Lipinski definition) is 2. The molecule has 3 nitrogen and oxygen atoms in total. The number of rotatable bonds is 5. The van der Waals surface area contributed by atoms with Gasteiger partial charge in [-0.05, 0) is 40.5 Å². The van der Waals surface area contributed by atoms with Crippen LogP contribution >= 0.6 is 0 Å². The molecular weight excluding hydrogens is 358 g/mol. The fraction of sp³-hybridized carbons (Fsp3) is 0.115. The molecule has 4 aromatic rings. The summed E-state index contributed by atoms with van der Waals surface area (Å²) in [5.74, 6) is -0.192. The number of nitrogens with one attached hydrogen (secondary N) is 1. The molecule has 0 saturated carbocycles. The Labute approximate surface area is 170 Å². The van der Waals surface area contributed by atoms with Crippen molar-refractivity contribution >= 4 is 16.7 Å². The van der Waals surface area contributed by atoms with E-state index in [1.807, 2.05) is 78.9 Å². The maximum Gasteiger partial charge on any atom is 0.252 e. The molecule has 0 aromatic heterocycles. The summed E-state index contributed by atoms with van der Waals surface area (Å²) >= 11 is 0. The van der Waals surface area contributed by atoms with Crippen molar-refractivity contribution < 1.29 is 9.90 Å². The zero-order valence-electron chi connectivity index (χ0n) is 16.3. The van der Waals surface area contributed by atoms with Gasteiger partial charge in [0, 0.05) is 5.56 Å². The van der Waals surface area contributed by atoms with Gasteiger partial charge in [0.1, 0.15) is 5.60 Å².